The third-order valence-corrected chi connectivity index (χ3v) is 5.55. The smallest absolute Gasteiger partial charge is 0.338 e. The van der Waals surface area contributed by atoms with Crippen molar-refractivity contribution in [3.8, 4) is 0 Å². The van der Waals surface area contributed by atoms with Crippen LogP contribution in [0.1, 0.15) is 15.9 Å². The molecule has 0 radical (unpaired) electrons. The molecule has 0 bridgehead atoms. The Bertz CT molecular complexity index is 911. The fraction of sp³-hybridized carbons (Fsp3) is 0.316. The lowest BCUT2D eigenvalue weighted by Gasteiger charge is -2.36. The van der Waals surface area contributed by atoms with Crippen molar-refractivity contribution in [2.24, 2.45) is 0 Å². The van der Waals surface area contributed by atoms with Crippen LogP contribution in [-0.2, 0) is 23.8 Å². The third-order valence-electron chi connectivity index (χ3n) is 4.22. The predicted molar refractivity (Wildman–Crippen MR) is 96.8 cm³/mol. The van der Waals surface area contributed by atoms with E-state index in [9.17, 15) is 23.4 Å². The maximum atomic E-state index is 12.6. The second kappa shape index (κ2) is 8.38. The summed E-state index contributed by atoms with van der Waals surface area (Å²) in [6, 6.07) is 13.8. The van der Waals surface area contributed by atoms with Gasteiger partial charge in [-0.25, -0.2) is 4.79 Å². The molecule has 4 atom stereocenters. The van der Waals surface area contributed by atoms with Gasteiger partial charge in [0.05, 0.1) is 17.1 Å². The molecule has 0 aromatic heterocycles. The SMILES string of the molecule is Cc1ccc(S(=O)(=O)OC2C(O)COC(O)C2OC(=O)c2ccccc2)cc1. The van der Waals surface area contributed by atoms with Gasteiger partial charge >= 0.3 is 5.97 Å². The van der Waals surface area contributed by atoms with E-state index in [1.807, 2.05) is 0 Å². The van der Waals surface area contributed by atoms with Gasteiger partial charge in [0.25, 0.3) is 10.1 Å². The topological polar surface area (TPSA) is 119 Å². The summed E-state index contributed by atoms with van der Waals surface area (Å²) in [6.45, 7) is 1.42. The number of aliphatic hydroxyl groups excluding tert-OH is 2. The highest BCUT2D eigenvalue weighted by atomic mass is 32.2. The van der Waals surface area contributed by atoms with E-state index in [1.54, 1.807) is 37.3 Å². The maximum Gasteiger partial charge on any atom is 0.338 e. The number of aliphatic hydroxyl groups is 2. The van der Waals surface area contributed by atoms with E-state index in [0.29, 0.717) is 0 Å². The van der Waals surface area contributed by atoms with E-state index in [1.165, 1.54) is 24.3 Å². The molecule has 1 saturated heterocycles. The minimum absolute atomic E-state index is 0.126. The number of esters is 1. The first-order valence-electron chi connectivity index (χ1n) is 8.51. The minimum Gasteiger partial charge on any atom is -0.450 e. The largest absolute Gasteiger partial charge is 0.450 e. The quantitative estimate of drug-likeness (QED) is 0.556. The van der Waals surface area contributed by atoms with E-state index in [2.05, 4.69) is 0 Å². The molecule has 1 aliphatic heterocycles. The molecule has 3 rings (SSSR count). The van der Waals surface area contributed by atoms with Gasteiger partial charge in [0, 0.05) is 0 Å². The molecule has 0 aliphatic carbocycles. The van der Waals surface area contributed by atoms with Gasteiger partial charge in [-0.1, -0.05) is 35.9 Å². The summed E-state index contributed by atoms with van der Waals surface area (Å²) in [5.74, 6) is -0.816. The van der Waals surface area contributed by atoms with Crippen LogP contribution in [0.3, 0.4) is 0 Å². The van der Waals surface area contributed by atoms with Crippen LogP contribution >= 0.6 is 0 Å². The van der Waals surface area contributed by atoms with Crippen LogP contribution in [-0.4, -0.2) is 55.8 Å². The highest BCUT2D eigenvalue weighted by Crippen LogP contribution is 2.25. The van der Waals surface area contributed by atoms with Gasteiger partial charge in [0.2, 0.25) is 0 Å². The Morgan fingerprint density at radius 3 is 2.32 bits per heavy atom. The fourth-order valence-corrected chi connectivity index (χ4v) is 3.80. The van der Waals surface area contributed by atoms with Gasteiger partial charge in [0.1, 0.15) is 12.2 Å². The summed E-state index contributed by atoms with van der Waals surface area (Å²) in [5.41, 5.74) is 1.05. The van der Waals surface area contributed by atoms with Crippen LogP contribution in [0, 0.1) is 6.92 Å². The average Bonchev–Trinajstić information content (AvgIpc) is 2.68. The van der Waals surface area contributed by atoms with Gasteiger partial charge in [-0.15, -0.1) is 0 Å². The van der Waals surface area contributed by atoms with Crippen LogP contribution < -0.4 is 0 Å². The monoisotopic (exact) mass is 408 g/mol. The molecule has 2 N–H and O–H groups in total. The Balaban J connectivity index is 1.83. The Labute approximate surface area is 162 Å². The number of aryl methyl sites for hydroxylation is 1. The molecule has 0 spiro atoms. The number of hydrogen-bond acceptors (Lipinski definition) is 8. The zero-order valence-electron chi connectivity index (χ0n) is 15.0. The molecule has 1 fully saturated rings. The number of rotatable bonds is 5. The zero-order valence-corrected chi connectivity index (χ0v) is 15.8. The summed E-state index contributed by atoms with van der Waals surface area (Å²) >= 11 is 0. The number of benzene rings is 2. The fourth-order valence-electron chi connectivity index (χ4n) is 2.68. The summed E-state index contributed by atoms with van der Waals surface area (Å²) in [7, 11) is -4.28. The molecule has 1 heterocycles. The summed E-state index contributed by atoms with van der Waals surface area (Å²) in [6.07, 6.45) is -6.18. The first kappa shape index (κ1) is 20.4. The van der Waals surface area contributed by atoms with Gasteiger partial charge in [-0.2, -0.15) is 8.42 Å². The van der Waals surface area contributed by atoms with E-state index in [4.69, 9.17) is 13.7 Å². The summed E-state index contributed by atoms with van der Waals surface area (Å²) in [5, 5.41) is 20.2. The van der Waals surface area contributed by atoms with E-state index < -0.39 is 40.7 Å². The Hall–Kier alpha value is -2.30. The minimum atomic E-state index is -4.28. The summed E-state index contributed by atoms with van der Waals surface area (Å²) in [4.78, 5) is 12.2. The Morgan fingerprint density at radius 2 is 1.68 bits per heavy atom. The van der Waals surface area contributed by atoms with Crippen molar-refractivity contribution in [1.82, 2.24) is 0 Å². The molecular weight excluding hydrogens is 388 g/mol. The van der Waals surface area contributed by atoms with Crippen molar-refractivity contribution in [2.75, 3.05) is 6.61 Å². The van der Waals surface area contributed by atoms with Crippen LogP contribution in [0.15, 0.2) is 59.5 Å². The zero-order chi connectivity index (χ0) is 20.3. The van der Waals surface area contributed by atoms with Gasteiger partial charge in [-0.05, 0) is 31.2 Å². The molecule has 0 amide bonds. The molecule has 2 aromatic carbocycles. The van der Waals surface area contributed by atoms with Crippen LogP contribution in [0.2, 0.25) is 0 Å². The number of ether oxygens (including phenoxy) is 2. The lowest BCUT2D eigenvalue weighted by molar-refractivity contribution is -0.245. The van der Waals surface area contributed by atoms with E-state index in [0.717, 1.165) is 5.56 Å². The van der Waals surface area contributed by atoms with Crippen LogP contribution in [0.4, 0.5) is 0 Å². The van der Waals surface area contributed by atoms with Gasteiger partial charge in [-0.3, -0.25) is 4.18 Å². The number of carbonyl (C=O) groups is 1. The first-order valence-corrected chi connectivity index (χ1v) is 9.92. The van der Waals surface area contributed by atoms with Gasteiger partial charge in [0.15, 0.2) is 12.4 Å². The molecule has 9 heteroatoms. The highest BCUT2D eigenvalue weighted by molar-refractivity contribution is 7.86. The molecule has 1 aliphatic rings. The summed E-state index contributed by atoms with van der Waals surface area (Å²) < 4.78 is 40.4. The Kier molecular flexibility index (Phi) is 6.11. The second-order valence-electron chi connectivity index (χ2n) is 6.36. The van der Waals surface area contributed by atoms with Crippen molar-refractivity contribution >= 4 is 16.1 Å². The van der Waals surface area contributed by atoms with E-state index in [-0.39, 0.29) is 17.1 Å². The lowest BCUT2D eigenvalue weighted by Crippen LogP contribution is -2.56. The Morgan fingerprint density at radius 1 is 1.04 bits per heavy atom. The van der Waals surface area contributed by atoms with Crippen LogP contribution in [0.5, 0.6) is 0 Å². The molecule has 2 aromatic rings. The lowest BCUT2D eigenvalue weighted by atomic mass is 10.1. The molecule has 8 nitrogen and oxygen atoms in total. The number of carbonyl (C=O) groups excluding carboxylic acids is 1. The normalized spacial score (nSPS) is 25.2. The molecular formula is C19H20O8S. The second-order valence-corrected chi connectivity index (χ2v) is 7.93. The van der Waals surface area contributed by atoms with E-state index >= 15 is 0 Å². The highest BCUT2D eigenvalue weighted by Gasteiger charge is 2.45. The van der Waals surface area contributed by atoms with Crippen molar-refractivity contribution < 1.29 is 37.1 Å². The molecule has 4 unspecified atom stereocenters. The van der Waals surface area contributed by atoms with Crippen LogP contribution in [0.25, 0.3) is 0 Å². The average molecular weight is 408 g/mol. The molecule has 0 saturated carbocycles. The first-order chi connectivity index (χ1) is 13.3. The maximum absolute atomic E-state index is 12.6. The standard InChI is InChI=1S/C19H20O8S/c1-12-7-9-14(10-8-12)28(23,24)27-16-15(20)11-25-19(22)17(16)26-18(21)13-5-3-2-4-6-13/h2-10,15-17,19-20,22H,11H2,1H3. The third kappa shape index (κ3) is 4.57. The van der Waals surface area contributed by atoms with Crippen molar-refractivity contribution in [3.63, 3.8) is 0 Å². The van der Waals surface area contributed by atoms with Gasteiger partial charge < -0.3 is 19.7 Å². The van der Waals surface area contributed by atoms with Crippen molar-refractivity contribution in [3.05, 3.63) is 65.7 Å². The number of hydrogen-bond donors (Lipinski definition) is 2. The molecule has 150 valence electrons. The molecule has 28 heavy (non-hydrogen) atoms. The predicted octanol–water partition coefficient (Wildman–Crippen LogP) is 1.00. The van der Waals surface area contributed by atoms with Crippen molar-refractivity contribution in [2.45, 2.75) is 36.4 Å². The van der Waals surface area contributed by atoms with Crippen molar-refractivity contribution in [1.29, 1.82) is 0 Å².